The first kappa shape index (κ1) is 10.0. The summed E-state index contributed by atoms with van der Waals surface area (Å²) >= 11 is 0. The Balaban J connectivity index is 2.40. The maximum absolute atomic E-state index is 2.52. The van der Waals surface area contributed by atoms with E-state index < -0.39 is 0 Å². The Morgan fingerprint density at radius 2 is 1.92 bits per heavy atom. The van der Waals surface area contributed by atoms with Crippen LogP contribution in [0.3, 0.4) is 0 Å². The molecular weight excluding hydrogens is 146 g/mol. The van der Waals surface area contributed by atoms with Crippen LogP contribution in [-0.4, -0.2) is 24.5 Å². The fraction of sp³-hybridized carbons (Fsp3) is 1.00. The van der Waals surface area contributed by atoms with Gasteiger partial charge in [-0.2, -0.15) is 0 Å². The SMILES string of the molecule is CCN(C)C1CCCC[C@H](C)C1. The molecule has 1 saturated carbocycles. The summed E-state index contributed by atoms with van der Waals surface area (Å²) in [5, 5.41) is 0. The van der Waals surface area contributed by atoms with Crippen LogP contribution in [0.4, 0.5) is 0 Å². The Morgan fingerprint density at radius 3 is 2.58 bits per heavy atom. The van der Waals surface area contributed by atoms with Crippen LogP contribution in [0.2, 0.25) is 0 Å². The van der Waals surface area contributed by atoms with Crippen molar-refractivity contribution in [2.24, 2.45) is 5.92 Å². The summed E-state index contributed by atoms with van der Waals surface area (Å²) in [6, 6.07) is 0.868. The average molecular weight is 169 g/mol. The molecule has 1 unspecified atom stereocenters. The number of nitrogens with zero attached hydrogens (tertiary/aromatic N) is 1. The first-order valence-electron chi connectivity index (χ1n) is 5.44. The van der Waals surface area contributed by atoms with Crippen molar-refractivity contribution < 1.29 is 0 Å². The molecule has 0 heterocycles. The van der Waals surface area contributed by atoms with E-state index in [1.54, 1.807) is 0 Å². The quantitative estimate of drug-likeness (QED) is 0.574. The first-order valence-corrected chi connectivity index (χ1v) is 5.44. The molecular formula is C11H23N. The third kappa shape index (κ3) is 2.78. The van der Waals surface area contributed by atoms with Gasteiger partial charge < -0.3 is 4.90 Å². The highest BCUT2D eigenvalue weighted by molar-refractivity contribution is 4.74. The van der Waals surface area contributed by atoms with Gasteiger partial charge in [0.15, 0.2) is 0 Å². The number of hydrogen-bond donors (Lipinski definition) is 0. The molecule has 1 aliphatic carbocycles. The molecule has 12 heavy (non-hydrogen) atoms. The van der Waals surface area contributed by atoms with Gasteiger partial charge in [-0.1, -0.05) is 33.1 Å². The van der Waals surface area contributed by atoms with Crippen LogP contribution >= 0.6 is 0 Å². The zero-order chi connectivity index (χ0) is 8.97. The molecule has 0 bridgehead atoms. The number of hydrogen-bond acceptors (Lipinski definition) is 1. The van der Waals surface area contributed by atoms with Gasteiger partial charge in [0.1, 0.15) is 0 Å². The smallest absolute Gasteiger partial charge is 0.00946 e. The van der Waals surface area contributed by atoms with Crippen molar-refractivity contribution in [2.75, 3.05) is 13.6 Å². The van der Waals surface area contributed by atoms with Gasteiger partial charge in [0.25, 0.3) is 0 Å². The Hall–Kier alpha value is -0.0400. The molecule has 0 saturated heterocycles. The molecule has 1 rings (SSSR count). The maximum atomic E-state index is 2.52. The second-order valence-corrected chi connectivity index (χ2v) is 4.35. The van der Waals surface area contributed by atoms with Crippen molar-refractivity contribution in [3.8, 4) is 0 Å². The summed E-state index contributed by atoms with van der Waals surface area (Å²) in [6.45, 7) is 5.87. The van der Waals surface area contributed by atoms with Gasteiger partial charge in [0.2, 0.25) is 0 Å². The highest BCUT2D eigenvalue weighted by Gasteiger charge is 2.19. The predicted molar refractivity (Wildman–Crippen MR) is 54.3 cm³/mol. The van der Waals surface area contributed by atoms with Gasteiger partial charge in [0.05, 0.1) is 0 Å². The van der Waals surface area contributed by atoms with Gasteiger partial charge in [0, 0.05) is 6.04 Å². The third-order valence-corrected chi connectivity index (χ3v) is 3.28. The topological polar surface area (TPSA) is 3.24 Å². The molecule has 1 heteroatoms. The Labute approximate surface area is 77.1 Å². The minimum Gasteiger partial charge on any atom is -0.304 e. The van der Waals surface area contributed by atoms with Crippen LogP contribution < -0.4 is 0 Å². The zero-order valence-electron chi connectivity index (χ0n) is 8.84. The molecule has 1 nitrogen and oxygen atoms in total. The van der Waals surface area contributed by atoms with Crippen LogP contribution in [0.25, 0.3) is 0 Å². The minimum absolute atomic E-state index is 0.868. The largest absolute Gasteiger partial charge is 0.304 e. The van der Waals surface area contributed by atoms with Crippen LogP contribution in [-0.2, 0) is 0 Å². The molecule has 0 aromatic carbocycles. The molecule has 72 valence electrons. The standard InChI is InChI=1S/C11H23N/c1-4-12(3)11-8-6-5-7-10(2)9-11/h10-11H,4-9H2,1-3H3/t10-,11?/m0/s1. The Kier molecular flexibility index (Phi) is 4.07. The summed E-state index contributed by atoms with van der Waals surface area (Å²) in [6.07, 6.45) is 7.20. The highest BCUT2D eigenvalue weighted by Crippen LogP contribution is 2.25. The fourth-order valence-corrected chi connectivity index (χ4v) is 2.23. The van der Waals surface area contributed by atoms with E-state index in [9.17, 15) is 0 Å². The Bertz CT molecular complexity index is 122. The van der Waals surface area contributed by atoms with E-state index >= 15 is 0 Å². The second kappa shape index (κ2) is 4.86. The molecule has 0 aliphatic heterocycles. The van der Waals surface area contributed by atoms with Crippen molar-refractivity contribution in [3.63, 3.8) is 0 Å². The van der Waals surface area contributed by atoms with Crippen molar-refractivity contribution in [2.45, 2.75) is 52.0 Å². The molecule has 0 N–H and O–H groups in total. The summed E-state index contributed by atoms with van der Waals surface area (Å²) in [4.78, 5) is 2.52. The summed E-state index contributed by atoms with van der Waals surface area (Å²) in [5.41, 5.74) is 0. The van der Waals surface area contributed by atoms with Gasteiger partial charge in [-0.05, 0) is 32.4 Å². The molecule has 0 aromatic heterocycles. The van der Waals surface area contributed by atoms with Crippen molar-refractivity contribution in [1.82, 2.24) is 4.90 Å². The average Bonchev–Trinajstić information content (AvgIpc) is 2.28. The zero-order valence-corrected chi connectivity index (χ0v) is 8.84. The van der Waals surface area contributed by atoms with Gasteiger partial charge >= 0.3 is 0 Å². The lowest BCUT2D eigenvalue weighted by Crippen LogP contribution is -2.32. The molecule has 0 amide bonds. The van der Waals surface area contributed by atoms with Gasteiger partial charge in [-0.15, -0.1) is 0 Å². The van der Waals surface area contributed by atoms with Gasteiger partial charge in [-0.3, -0.25) is 0 Å². The minimum atomic E-state index is 0.868. The van der Waals surface area contributed by atoms with Gasteiger partial charge in [-0.25, -0.2) is 0 Å². The summed E-state index contributed by atoms with van der Waals surface area (Å²) in [7, 11) is 2.27. The monoisotopic (exact) mass is 169 g/mol. The Morgan fingerprint density at radius 1 is 1.25 bits per heavy atom. The second-order valence-electron chi connectivity index (χ2n) is 4.35. The fourth-order valence-electron chi connectivity index (χ4n) is 2.23. The predicted octanol–water partition coefficient (Wildman–Crippen LogP) is 2.91. The van der Waals surface area contributed by atoms with Crippen LogP contribution in [0.5, 0.6) is 0 Å². The molecule has 2 atom stereocenters. The summed E-state index contributed by atoms with van der Waals surface area (Å²) in [5.74, 6) is 0.950. The van der Waals surface area contributed by atoms with Crippen LogP contribution in [0, 0.1) is 5.92 Å². The van der Waals surface area contributed by atoms with E-state index in [0.29, 0.717) is 0 Å². The highest BCUT2D eigenvalue weighted by atomic mass is 15.1. The molecule has 0 radical (unpaired) electrons. The summed E-state index contributed by atoms with van der Waals surface area (Å²) < 4.78 is 0. The maximum Gasteiger partial charge on any atom is 0.00946 e. The van der Waals surface area contributed by atoms with E-state index in [1.807, 2.05) is 0 Å². The number of rotatable bonds is 2. The molecule has 0 aromatic rings. The van der Waals surface area contributed by atoms with E-state index in [-0.39, 0.29) is 0 Å². The van der Waals surface area contributed by atoms with E-state index in [1.165, 1.54) is 38.6 Å². The van der Waals surface area contributed by atoms with E-state index in [0.717, 1.165) is 12.0 Å². The molecule has 1 fully saturated rings. The van der Waals surface area contributed by atoms with E-state index in [4.69, 9.17) is 0 Å². The normalized spacial score (nSPS) is 32.0. The van der Waals surface area contributed by atoms with E-state index in [2.05, 4.69) is 25.8 Å². The van der Waals surface area contributed by atoms with Crippen molar-refractivity contribution in [1.29, 1.82) is 0 Å². The lowest BCUT2D eigenvalue weighted by Gasteiger charge is -2.27. The lowest BCUT2D eigenvalue weighted by molar-refractivity contribution is 0.216. The van der Waals surface area contributed by atoms with Crippen LogP contribution in [0.1, 0.15) is 46.0 Å². The lowest BCUT2D eigenvalue weighted by atomic mass is 10.00. The molecule has 1 aliphatic rings. The van der Waals surface area contributed by atoms with Crippen molar-refractivity contribution >= 4 is 0 Å². The third-order valence-electron chi connectivity index (χ3n) is 3.28. The first-order chi connectivity index (χ1) is 5.74. The van der Waals surface area contributed by atoms with Crippen LogP contribution in [0.15, 0.2) is 0 Å². The molecule has 0 spiro atoms. The van der Waals surface area contributed by atoms with Crippen molar-refractivity contribution in [3.05, 3.63) is 0 Å².